The van der Waals surface area contributed by atoms with Crippen LogP contribution in [-0.4, -0.2) is 15.0 Å². The van der Waals surface area contributed by atoms with Crippen LogP contribution in [0.15, 0.2) is 83.3 Å². The van der Waals surface area contributed by atoms with Gasteiger partial charge >= 0.3 is 0 Å². The molecule has 0 radical (unpaired) electrons. The van der Waals surface area contributed by atoms with Crippen LogP contribution < -0.4 is 10.6 Å². The second-order valence-corrected chi connectivity index (χ2v) is 8.58. The first-order chi connectivity index (χ1) is 15.7. The molecular formula is C27H20BrN3O. The van der Waals surface area contributed by atoms with Crippen LogP contribution in [0.5, 0.6) is 0 Å². The Morgan fingerprint density at radius 1 is 0.750 bits per heavy atom. The van der Waals surface area contributed by atoms with Gasteiger partial charge in [0.1, 0.15) is 11.0 Å². The molecule has 0 spiro atoms. The van der Waals surface area contributed by atoms with E-state index in [4.69, 9.17) is 19.4 Å². The minimum Gasteiger partial charge on any atom is -0.454 e. The van der Waals surface area contributed by atoms with E-state index >= 15 is 0 Å². The number of nitrogens with zero attached hydrogens (tertiary/aromatic N) is 3. The van der Waals surface area contributed by atoms with Crippen LogP contribution in [0.2, 0.25) is 0 Å². The van der Waals surface area contributed by atoms with Crippen LogP contribution in [0.1, 0.15) is 13.8 Å². The van der Waals surface area contributed by atoms with E-state index in [2.05, 4.69) is 28.1 Å². The van der Waals surface area contributed by atoms with E-state index in [0.29, 0.717) is 17.5 Å². The molecule has 5 rings (SSSR count). The summed E-state index contributed by atoms with van der Waals surface area (Å²) in [5.41, 5.74) is 4.29. The first-order valence-electron chi connectivity index (χ1n) is 10.4. The summed E-state index contributed by atoms with van der Waals surface area (Å²) in [4.78, 5) is 14.5. The lowest BCUT2D eigenvalue weighted by Gasteiger charge is -2.08. The van der Waals surface area contributed by atoms with Crippen molar-refractivity contribution in [1.82, 2.24) is 15.0 Å². The predicted octanol–water partition coefficient (Wildman–Crippen LogP) is 5.94. The second kappa shape index (κ2) is 8.52. The number of rotatable bonds is 3. The molecule has 0 amide bonds. The monoisotopic (exact) mass is 481 g/mol. The fraction of sp³-hybridized carbons (Fsp3) is 0.0741. The van der Waals surface area contributed by atoms with Crippen molar-refractivity contribution in [2.75, 3.05) is 0 Å². The van der Waals surface area contributed by atoms with Gasteiger partial charge in [0.25, 0.3) is 0 Å². The summed E-state index contributed by atoms with van der Waals surface area (Å²) in [6, 6.07) is 26.0. The Balaban J connectivity index is 1.83. The summed E-state index contributed by atoms with van der Waals surface area (Å²) in [5.74, 6) is 1.84. The number of aromatic nitrogens is 3. The Labute approximate surface area is 194 Å². The Morgan fingerprint density at radius 3 is 1.84 bits per heavy atom. The molecular weight excluding hydrogens is 462 g/mol. The first kappa shape index (κ1) is 20.3. The lowest BCUT2D eigenvalue weighted by molar-refractivity contribution is 0.574. The maximum atomic E-state index is 6.31. The molecule has 2 aromatic heterocycles. The van der Waals surface area contributed by atoms with Crippen LogP contribution in [0, 0.1) is 0 Å². The van der Waals surface area contributed by atoms with E-state index in [1.807, 2.05) is 86.6 Å². The van der Waals surface area contributed by atoms with Gasteiger partial charge in [-0.3, -0.25) is 0 Å². The number of hydrogen-bond donors (Lipinski definition) is 0. The maximum Gasteiger partial charge on any atom is 0.167 e. The molecule has 0 saturated heterocycles. The van der Waals surface area contributed by atoms with E-state index < -0.39 is 0 Å². The SMILES string of the molecule is CC=c1c(=C(C)Br)oc2c(-c3nc(-c4ccccc4)nc(-c4ccccc4)n3)cccc12. The number of furan rings is 1. The third kappa shape index (κ3) is 3.65. The van der Waals surface area contributed by atoms with Gasteiger partial charge in [0.15, 0.2) is 17.5 Å². The summed E-state index contributed by atoms with van der Waals surface area (Å²) in [6.45, 7) is 3.99. The van der Waals surface area contributed by atoms with Crippen molar-refractivity contribution < 1.29 is 4.42 Å². The standard InChI is InChI=1S/C27H20BrN3O/c1-3-20-21-15-10-16-22(24(21)32-23(20)17(2)28)27-30-25(18-11-6-4-7-12-18)29-26(31-27)19-13-8-5-9-14-19/h3-16H,1-2H3. The van der Waals surface area contributed by atoms with Gasteiger partial charge in [-0.25, -0.2) is 15.0 Å². The lowest BCUT2D eigenvalue weighted by Crippen LogP contribution is -2.20. The quantitative estimate of drug-likeness (QED) is 0.319. The third-order valence-electron chi connectivity index (χ3n) is 5.30. The zero-order chi connectivity index (χ0) is 22.1. The molecule has 2 heterocycles. The van der Waals surface area contributed by atoms with Crippen molar-refractivity contribution in [2.45, 2.75) is 13.8 Å². The third-order valence-corrected chi connectivity index (χ3v) is 5.66. The molecule has 5 heteroatoms. The second-order valence-electron chi connectivity index (χ2n) is 7.39. The number of para-hydroxylation sites is 1. The highest BCUT2D eigenvalue weighted by Gasteiger charge is 2.16. The molecule has 0 fully saturated rings. The van der Waals surface area contributed by atoms with E-state index in [0.717, 1.165) is 42.8 Å². The molecule has 0 N–H and O–H groups in total. The van der Waals surface area contributed by atoms with E-state index in [1.54, 1.807) is 0 Å². The van der Waals surface area contributed by atoms with Gasteiger partial charge < -0.3 is 4.42 Å². The normalized spacial score (nSPS) is 12.9. The van der Waals surface area contributed by atoms with Gasteiger partial charge in [0, 0.05) is 26.2 Å². The number of hydrogen-bond acceptors (Lipinski definition) is 4. The van der Waals surface area contributed by atoms with Gasteiger partial charge in [-0.2, -0.15) is 0 Å². The van der Waals surface area contributed by atoms with Crippen LogP contribution in [0.25, 0.3) is 55.7 Å². The fourth-order valence-electron chi connectivity index (χ4n) is 3.79. The average Bonchev–Trinajstić information content (AvgIpc) is 3.24. The van der Waals surface area contributed by atoms with Crippen LogP contribution in [-0.2, 0) is 0 Å². The van der Waals surface area contributed by atoms with Gasteiger partial charge in [-0.1, -0.05) is 94.8 Å². The predicted molar refractivity (Wildman–Crippen MR) is 133 cm³/mol. The van der Waals surface area contributed by atoms with Crippen molar-refractivity contribution in [1.29, 1.82) is 0 Å². The Bertz CT molecular complexity index is 1480. The van der Waals surface area contributed by atoms with Crippen molar-refractivity contribution in [3.63, 3.8) is 0 Å². The van der Waals surface area contributed by atoms with Crippen molar-refractivity contribution in [3.05, 3.63) is 89.5 Å². The summed E-state index contributed by atoms with van der Waals surface area (Å²) in [5, 5.41) is 2.08. The van der Waals surface area contributed by atoms with Gasteiger partial charge in [-0.15, -0.1) is 0 Å². The molecule has 3 aromatic carbocycles. The topological polar surface area (TPSA) is 51.8 Å². The number of benzene rings is 3. The smallest absolute Gasteiger partial charge is 0.167 e. The Hall–Kier alpha value is -3.57. The highest BCUT2D eigenvalue weighted by atomic mass is 79.9. The summed E-state index contributed by atoms with van der Waals surface area (Å²) >= 11 is 3.58. The molecule has 0 aliphatic carbocycles. The molecule has 0 atom stereocenters. The molecule has 0 unspecified atom stereocenters. The molecule has 32 heavy (non-hydrogen) atoms. The summed E-state index contributed by atoms with van der Waals surface area (Å²) in [7, 11) is 0. The highest BCUT2D eigenvalue weighted by Crippen LogP contribution is 2.28. The van der Waals surface area contributed by atoms with E-state index in [9.17, 15) is 0 Å². The lowest BCUT2D eigenvalue weighted by atomic mass is 10.1. The summed E-state index contributed by atoms with van der Waals surface area (Å²) < 4.78 is 7.26. The average molecular weight is 482 g/mol. The van der Waals surface area contributed by atoms with Gasteiger partial charge in [0.2, 0.25) is 0 Å². The highest BCUT2D eigenvalue weighted by molar-refractivity contribution is 9.14. The largest absolute Gasteiger partial charge is 0.454 e. The van der Waals surface area contributed by atoms with Gasteiger partial charge in [0.05, 0.1) is 5.56 Å². The van der Waals surface area contributed by atoms with Crippen molar-refractivity contribution >= 4 is 37.5 Å². The van der Waals surface area contributed by atoms with Crippen LogP contribution >= 0.6 is 15.9 Å². The molecule has 4 nitrogen and oxygen atoms in total. The van der Waals surface area contributed by atoms with E-state index in [-0.39, 0.29) is 0 Å². The Kier molecular flexibility index (Phi) is 5.41. The molecule has 0 aliphatic rings. The Morgan fingerprint density at radius 2 is 1.31 bits per heavy atom. The van der Waals surface area contributed by atoms with E-state index in [1.165, 1.54) is 0 Å². The zero-order valence-corrected chi connectivity index (χ0v) is 19.3. The molecule has 0 bridgehead atoms. The zero-order valence-electron chi connectivity index (χ0n) is 17.7. The molecule has 156 valence electrons. The molecule has 5 aromatic rings. The van der Waals surface area contributed by atoms with Crippen LogP contribution in [0.3, 0.4) is 0 Å². The van der Waals surface area contributed by atoms with Crippen LogP contribution in [0.4, 0.5) is 0 Å². The maximum absolute atomic E-state index is 6.31. The number of fused-ring (bicyclic) bond motifs is 1. The van der Waals surface area contributed by atoms with Crippen molar-refractivity contribution in [3.8, 4) is 34.2 Å². The van der Waals surface area contributed by atoms with Gasteiger partial charge in [-0.05, 0) is 19.9 Å². The van der Waals surface area contributed by atoms with Crippen molar-refractivity contribution in [2.24, 2.45) is 0 Å². The first-order valence-corrected chi connectivity index (χ1v) is 11.2. The minimum absolute atomic E-state index is 0.582. The number of halogens is 1. The fourth-order valence-corrected chi connectivity index (χ4v) is 4.08. The minimum atomic E-state index is 0.582. The summed E-state index contributed by atoms with van der Waals surface area (Å²) in [6.07, 6.45) is 2.06. The molecule has 0 aliphatic heterocycles. The molecule has 0 saturated carbocycles.